The molecule has 0 N–H and O–H groups in total. The van der Waals surface area contributed by atoms with Gasteiger partial charge in [0.05, 0.1) is 20.3 Å². The normalized spacial score (nSPS) is 14.1. The zero-order valence-electron chi connectivity index (χ0n) is 11.4. The van der Waals surface area contributed by atoms with Crippen LogP contribution in [0, 0.1) is 0 Å². The largest absolute Gasteiger partial charge is 0.475 e. The minimum atomic E-state index is -5.09. The summed E-state index contributed by atoms with van der Waals surface area (Å²) >= 11 is 0. The van der Waals surface area contributed by atoms with E-state index in [1.165, 1.54) is 0 Å². The van der Waals surface area contributed by atoms with Crippen LogP contribution in [0.4, 0.5) is 13.2 Å². The predicted octanol–water partition coefficient (Wildman–Crippen LogP) is 3.07. The van der Waals surface area contributed by atoms with Gasteiger partial charge in [0.25, 0.3) is 6.10 Å². The van der Waals surface area contributed by atoms with Gasteiger partial charge in [0, 0.05) is 0 Å². The molecule has 0 rings (SSSR count). The SMILES string of the molecule is CCCOP(=O)(OCCC)OC(C(=O)OC)C(F)(F)F. The summed E-state index contributed by atoms with van der Waals surface area (Å²) in [6.07, 6.45) is -7.34. The number of phosphoric ester groups is 1. The minimum absolute atomic E-state index is 0.132. The zero-order chi connectivity index (χ0) is 15.8. The molecule has 0 aliphatic carbocycles. The smallest absolute Gasteiger partial charge is 0.467 e. The number of carbonyl (C=O) groups excluding carboxylic acids is 1. The van der Waals surface area contributed by atoms with Crippen LogP contribution < -0.4 is 0 Å². The average molecular weight is 322 g/mol. The van der Waals surface area contributed by atoms with Crippen LogP contribution in [0.1, 0.15) is 26.7 Å². The molecule has 0 spiro atoms. The number of hydrogen-bond donors (Lipinski definition) is 0. The summed E-state index contributed by atoms with van der Waals surface area (Å²) < 4.78 is 67.7. The number of hydrogen-bond acceptors (Lipinski definition) is 6. The van der Waals surface area contributed by atoms with E-state index in [4.69, 9.17) is 9.05 Å². The highest BCUT2D eigenvalue weighted by Crippen LogP contribution is 2.52. The molecular formula is C10H18F3O6P. The molecule has 0 amide bonds. The molecule has 0 heterocycles. The third-order valence-corrected chi connectivity index (χ3v) is 3.32. The van der Waals surface area contributed by atoms with Crippen LogP contribution in [0.25, 0.3) is 0 Å². The molecule has 0 aromatic carbocycles. The van der Waals surface area contributed by atoms with Gasteiger partial charge in [0.2, 0.25) is 0 Å². The van der Waals surface area contributed by atoms with E-state index in [2.05, 4.69) is 9.26 Å². The van der Waals surface area contributed by atoms with E-state index >= 15 is 0 Å². The third-order valence-electron chi connectivity index (χ3n) is 1.85. The van der Waals surface area contributed by atoms with Gasteiger partial charge in [-0.3, -0.25) is 13.6 Å². The number of methoxy groups -OCH3 is 1. The summed E-state index contributed by atoms with van der Waals surface area (Å²) in [6, 6.07) is 0. The van der Waals surface area contributed by atoms with Crippen molar-refractivity contribution in [3.05, 3.63) is 0 Å². The van der Waals surface area contributed by atoms with Gasteiger partial charge in [-0.2, -0.15) is 13.2 Å². The molecule has 0 fully saturated rings. The lowest BCUT2D eigenvalue weighted by atomic mass is 10.3. The monoisotopic (exact) mass is 322 g/mol. The molecule has 0 bridgehead atoms. The highest BCUT2D eigenvalue weighted by molar-refractivity contribution is 7.48. The summed E-state index contributed by atoms with van der Waals surface area (Å²) in [7, 11) is -3.73. The molecule has 0 saturated carbocycles. The van der Waals surface area contributed by atoms with Crippen molar-refractivity contribution in [1.82, 2.24) is 0 Å². The number of ether oxygens (including phenoxy) is 1. The molecule has 1 unspecified atom stereocenters. The molecule has 120 valence electrons. The zero-order valence-corrected chi connectivity index (χ0v) is 12.3. The van der Waals surface area contributed by atoms with E-state index in [0.717, 1.165) is 7.11 Å². The summed E-state index contributed by atoms with van der Waals surface area (Å²) in [5.41, 5.74) is 0. The first-order chi connectivity index (χ1) is 9.20. The van der Waals surface area contributed by atoms with Gasteiger partial charge < -0.3 is 4.74 Å². The van der Waals surface area contributed by atoms with Crippen molar-refractivity contribution in [1.29, 1.82) is 0 Å². The quantitative estimate of drug-likeness (QED) is 0.480. The second-order valence-corrected chi connectivity index (χ2v) is 5.29. The fourth-order valence-electron chi connectivity index (χ4n) is 0.977. The van der Waals surface area contributed by atoms with Crippen molar-refractivity contribution < 1.29 is 40.8 Å². The highest BCUT2D eigenvalue weighted by Gasteiger charge is 2.51. The molecule has 0 aromatic rings. The molecule has 20 heavy (non-hydrogen) atoms. The maximum Gasteiger partial charge on any atom is 0.475 e. The van der Waals surface area contributed by atoms with E-state index in [1.54, 1.807) is 13.8 Å². The van der Waals surface area contributed by atoms with Crippen LogP contribution in [-0.2, 0) is 27.7 Å². The van der Waals surface area contributed by atoms with E-state index in [1.807, 2.05) is 0 Å². The summed E-state index contributed by atoms with van der Waals surface area (Å²) in [5, 5.41) is 0. The number of rotatable bonds is 9. The van der Waals surface area contributed by atoms with Gasteiger partial charge in [0.15, 0.2) is 0 Å². The van der Waals surface area contributed by atoms with Gasteiger partial charge in [-0.05, 0) is 12.8 Å². The van der Waals surface area contributed by atoms with Crippen molar-refractivity contribution in [2.24, 2.45) is 0 Å². The van der Waals surface area contributed by atoms with Crippen molar-refractivity contribution in [3.8, 4) is 0 Å². The Morgan fingerprint density at radius 1 is 1.15 bits per heavy atom. The van der Waals surface area contributed by atoms with Crippen LogP contribution in [0.5, 0.6) is 0 Å². The Bertz CT molecular complexity index is 334. The summed E-state index contributed by atoms with van der Waals surface area (Å²) in [4.78, 5) is 11.1. The van der Waals surface area contributed by atoms with Crippen molar-refractivity contribution in [2.45, 2.75) is 39.0 Å². The predicted molar refractivity (Wildman–Crippen MR) is 63.0 cm³/mol. The lowest BCUT2D eigenvalue weighted by Crippen LogP contribution is -2.39. The van der Waals surface area contributed by atoms with E-state index in [9.17, 15) is 22.5 Å². The molecule has 1 atom stereocenters. The maximum absolute atomic E-state index is 12.7. The van der Waals surface area contributed by atoms with Crippen LogP contribution in [0.3, 0.4) is 0 Å². The van der Waals surface area contributed by atoms with Gasteiger partial charge in [-0.15, -0.1) is 0 Å². The Labute approximate surface area is 115 Å². The Morgan fingerprint density at radius 2 is 1.60 bits per heavy atom. The second kappa shape index (κ2) is 8.61. The van der Waals surface area contributed by atoms with E-state index in [0.29, 0.717) is 12.8 Å². The van der Waals surface area contributed by atoms with E-state index in [-0.39, 0.29) is 13.2 Å². The summed E-state index contributed by atoms with van der Waals surface area (Å²) in [5.74, 6) is -1.72. The molecular weight excluding hydrogens is 304 g/mol. The molecule has 10 heteroatoms. The number of esters is 1. The first-order valence-electron chi connectivity index (χ1n) is 5.92. The standard InChI is InChI=1S/C10H18F3O6P/c1-4-6-17-20(15,18-7-5-2)19-8(9(14)16-3)10(11,12)13/h8H,4-7H2,1-3H3. The highest BCUT2D eigenvalue weighted by atomic mass is 31.2. The number of halogens is 3. The second-order valence-electron chi connectivity index (χ2n) is 3.66. The Morgan fingerprint density at radius 3 is 1.90 bits per heavy atom. The van der Waals surface area contributed by atoms with Gasteiger partial charge >= 0.3 is 20.0 Å². The topological polar surface area (TPSA) is 71.1 Å². The van der Waals surface area contributed by atoms with Crippen LogP contribution in [0.2, 0.25) is 0 Å². The van der Waals surface area contributed by atoms with Crippen molar-refractivity contribution in [2.75, 3.05) is 20.3 Å². The Hall–Kier alpha value is -0.630. The first kappa shape index (κ1) is 19.4. The molecule has 0 aliphatic rings. The number of phosphoric acid groups is 1. The average Bonchev–Trinajstić information content (AvgIpc) is 2.38. The lowest BCUT2D eigenvalue weighted by molar-refractivity contribution is -0.213. The Balaban J connectivity index is 5.06. The molecule has 0 aromatic heterocycles. The fraction of sp³-hybridized carbons (Fsp3) is 0.900. The number of alkyl halides is 3. The van der Waals surface area contributed by atoms with Crippen LogP contribution >= 0.6 is 7.82 Å². The Kier molecular flexibility index (Phi) is 8.34. The van der Waals surface area contributed by atoms with Gasteiger partial charge in [-0.1, -0.05) is 13.8 Å². The summed E-state index contributed by atoms with van der Waals surface area (Å²) in [6.45, 7) is 3.05. The molecule has 6 nitrogen and oxygen atoms in total. The molecule has 0 saturated heterocycles. The number of carbonyl (C=O) groups is 1. The van der Waals surface area contributed by atoms with Gasteiger partial charge in [-0.25, -0.2) is 9.36 Å². The fourth-order valence-corrected chi connectivity index (χ4v) is 2.45. The van der Waals surface area contributed by atoms with Crippen LogP contribution in [0.15, 0.2) is 0 Å². The van der Waals surface area contributed by atoms with Gasteiger partial charge in [0.1, 0.15) is 0 Å². The lowest BCUT2D eigenvalue weighted by Gasteiger charge is -2.23. The van der Waals surface area contributed by atoms with Crippen molar-refractivity contribution >= 4 is 13.8 Å². The van der Waals surface area contributed by atoms with Crippen LogP contribution in [-0.4, -0.2) is 38.6 Å². The minimum Gasteiger partial charge on any atom is -0.467 e. The maximum atomic E-state index is 12.7. The molecule has 0 radical (unpaired) electrons. The van der Waals surface area contributed by atoms with Crippen molar-refractivity contribution in [3.63, 3.8) is 0 Å². The third kappa shape index (κ3) is 6.69. The molecule has 0 aliphatic heterocycles. The van der Waals surface area contributed by atoms with E-state index < -0.39 is 26.1 Å². The first-order valence-corrected chi connectivity index (χ1v) is 7.38.